The maximum Gasteiger partial charge on any atom is 0.147 e. The summed E-state index contributed by atoms with van der Waals surface area (Å²) in [6.45, 7) is -0.392. The van der Waals surface area contributed by atoms with E-state index in [1.165, 1.54) is 0 Å². The van der Waals surface area contributed by atoms with Gasteiger partial charge in [0.05, 0.1) is 18.8 Å². The van der Waals surface area contributed by atoms with Crippen LogP contribution in [0.2, 0.25) is 0 Å². The number of hydrogen-bond donors (Lipinski definition) is 3. The van der Waals surface area contributed by atoms with Crippen molar-refractivity contribution in [2.75, 3.05) is 6.61 Å². The number of aliphatic hydroxyl groups excluding tert-OH is 3. The van der Waals surface area contributed by atoms with Crippen LogP contribution in [0.25, 0.3) is 0 Å². The molecule has 1 saturated heterocycles. The Morgan fingerprint density at radius 2 is 2.17 bits per heavy atom. The molecule has 0 aromatic carbocycles. The normalized spacial score (nSPS) is 42.2. The monoisotopic (exact) mass is 173 g/mol. The summed E-state index contributed by atoms with van der Waals surface area (Å²) < 4.78 is 4.95. The minimum atomic E-state index is -1.10. The van der Waals surface area contributed by atoms with E-state index in [0.717, 1.165) is 0 Å². The molecule has 68 valence electrons. The lowest BCUT2D eigenvalue weighted by molar-refractivity contribution is -0.165. The van der Waals surface area contributed by atoms with Crippen LogP contribution in [0.5, 0.6) is 0 Å². The van der Waals surface area contributed by atoms with Gasteiger partial charge in [-0.3, -0.25) is 0 Å². The van der Waals surface area contributed by atoms with Gasteiger partial charge in [0.15, 0.2) is 0 Å². The third-order valence-electron chi connectivity index (χ3n) is 1.89. The minimum absolute atomic E-state index is 0.0914. The van der Waals surface area contributed by atoms with Gasteiger partial charge in [0.2, 0.25) is 0 Å². The quantitative estimate of drug-likeness (QED) is 0.443. The molecular formula is C7H11NO4. The van der Waals surface area contributed by atoms with Gasteiger partial charge in [-0.2, -0.15) is 5.26 Å². The fourth-order valence-corrected chi connectivity index (χ4v) is 1.19. The number of ether oxygens (including phenoxy) is 1. The Labute approximate surface area is 69.8 Å². The summed E-state index contributed by atoms with van der Waals surface area (Å²) in [4.78, 5) is 0. The van der Waals surface area contributed by atoms with Crippen molar-refractivity contribution in [3.05, 3.63) is 0 Å². The maximum absolute atomic E-state index is 9.21. The van der Waals surface area contributed by atoms with Crippen molar-refractivity contribution in [2.45, 2.75) is 30.8 Å². The number of nitriles is 1. The number of nitrogens with zero attached hydrogens (tertiary/aromatic N) is 1. The van der Waals surface area contributed by atoms with Crippen molar-refractivity contribution in [1.82, 2.24) is 0 Å². The molecule has 0 radical (unpaired) electrons. The summed E-state index contributed by atoms with van der Waals surface area (Å²) in [5.74, 6) is 0. The van der Waals surface area contributed by atoms with E-state index in [1.54, 1.807) is 0 Å². The van der Waals surface area contributed by atoms with Gasteiger partial charge in [-0.25, -0.2) is 0 Å². The van der Waals surface area contributed by atoms with Crippen molar-refractivity contribution < 1.29 is 20.1 Å². The van der Waals surface area contributed by atoms with E-state index >= 15 is 0 Å². The highest BCUT2D eigenvalue weighted by atomic mass is 16.5. The lowest BCUT2D eigenvalue weighted by atomic mass is 9.99. The molecule has 1 fully saturated rings. The van der Waals surface area contributed by atoms with Gasteiger partial charge >= 0.3 is 0 Å². The van der Waals surface area contributed by atoms with Gasteiger partial charge in [0.1, 0.15) is 18.3 Å². The molecule has 0 amide bonds. The van der Waals surface area contributed by atoms with Gasteiger partial charge in [-0.1, -0.05) is 0 Å². The molecule has 1 heterocycles. The molecule has 5 nitrogen and oxygen atoms in total. The van der Waals surface area contributed by atoms with E-state index < -0.39 is 31.0 Å². The molecule has 0 spiro atoms. The van der Waals surface area contributed by atoms with Crippen LogP contribution in [0.1, 0.15) is 6.42 Å². The molecule has 0 unspecified atom stereocenters. The van der Waals surface area contributed by atoms with Gasteiger partial charge in [0.25, 0.3) is 0 Å². The third-order valence-corrected chi connectivity index (χ3v) is 1.89. The van der Waals surface area contributed by atoms with Gasteiger partial charge in [-0.05, 0) is 0 Å². The van der Waals surface area contributed by atoms with Gasteiger partial charge in [-0.15, -0.1) is 0 Å². The lowest BCUT2D eigenvalue weighted by Crippen LogP contribution is -2.49. The van der Waals surface area contributed by atoms with Crippen molar-refractivity contribution >= 4 is 0 Å². The molecule has 1 aliphatic rings. The van der Waals surface area contributed by atoms with Crippen LogP contribution in [-0.4, -0.2) is 46.3 Å². The van der Waals surface area contributed by atoms with E-state index in [-0.39, 0.29) is 6.42 Å². The topological polar surface area (TPSA) is 93.7 Å². The molecule has 12 heavy (non-hydrogen) atoms. The van der Waals surface area contributed by atoms with E-state index in [9.17, 15) is 10.2 Å². The average molecular weight is 173 g/mol. The molecule has 1 rings (SSSR count). The van der Waals surface area contributed by atoms with E-state index in [4.69, 9.17) is 15.1 Å². The third kappa shape index (κ3) is 1.73. The summed E-state index contributed by atoms with van der Waals surface area (Å²) in [6.07, 6.45) is -3.58. The average Bonchev–Trinajstić information content (AvgIpc) is 2.09. The van der Waals surface area contributed by atoms with Crippen molar-refractivity contribution in [2.24, 2.45) is 0 Å². The molecule has 1 aliphatic heterocycles. The van der Waals surface area contributed by atoms with Crippen LogP contribution in [0, 0.1) is 11.3 Å². The van der Waals surface area contributed by atoms with E-state index in [0.29, 0.717) is 0 Å². The first-order valence-electron chi connectivity index (χ1n) is 3.71. The standard InChI is InChI=1S/C7H11NO4/c8-2-4-1-5(10)7(11)6(3-9)12-4/h4-7,9-11H,1,3H2/t4-,5-,6-,7+/m1/s1. The van der Waals surface area contributed by atoms with E-state index in [1.807, 2.05) is 6.07 Å². The van der Waals surface area contributed by atoms with Crippen LogP contribution in [0.4, 0.5) is 0 Å². The first kappa shape index (κ1) is 9.42. The summed E-state index contributed by atoms with van der Waals surface area (Å²) in [5.41, 5.74) is 0. The van der Waals surface area contributed by atoms with Crippen LogP contribution >= 0.6 is 0 Å². The molecule has 0 aromatic rings. The van der Waals surface area contributed by atoms with Crippen LogP contribution in [0.3, 0.4) is 0 Å². The lowest BCUT2D eigenvalue weighted by Gasteiger charge is -2.33. The Bertz CT molecular complexity index is 190. The Kier molecular flexibility index (Phi) is 3.00. The Balaban J connectivity index is 2.59. The minimum Gasteiger partial charge on any atom is -0.394 e. The molecule has 3 N–H and O–H groups in total. The highest BCUT2D eigenvalue weighted by Gasteiger charge is 2.36. The first-order valence-corrected chi connectivity index (χ1v) is 3.71. The fourth-order valence-electron chi connectivity index (χ4n) is 1.19. The van der Waals surface area contributed by atoms with Crippen LogP contribution in [-0.2, 0) is 4.74 Å². The van der Waals surface area contributed by atoms with Crippen LogP contribution < -0.4 is 0 Å². The summed E-state index contributed by atoms with van der Waals surface area (Å²) in [5, 5.41) is 35.5. The molecule has 5 heteroatoms. The zero-order valence-electron chi connectivity index (χ0n) is 6.42. The van der Waals surface area contributed by atoms with Crippen molar-refractivity contribution in [3.63, 3.8) is 0 Å². The number of hydrogen-bond acceptors (Lipinski definition) is 5. The van der Waals surface area contributed by atoms with Crippen molar-refractivity contribution in [1.29, 1.82) is 5.26 Å². The first-order chi connectivity index (χ1) is 5.69. The predicted molar refractivity (Wildman–Crippen MR) is 38.0 cm³/mol. The number of aliphatic hydroxyl groups is 3. The largest absolute Gasteiger partial charge is 0.394 e. The highest BCUT2D eigenvalue weighted by Crippen LogP contribution is 2.19. The maximum atomic E-state index is 9.21. The molecule has 4 atom stereocenters. The molecular weight excluding hydrogens is 162 g/mol. The molecule has 0 saturated carbocycles. The second kappa shape index (κ2) is 3.83. The Hall–Kier alpha value is -0.670. The number of rotatable bonds is 1. The van der Waals surface area contributed by atoms with Gasteiger partial charge < -0.3 is 20.1 Å². The van der Waals surface area contributed by atoms with E-state index in [2.05, 4.69) is 0 Å². The fraction of sp³-hybridized carbons (Fsp3) is 0.857. The summed E-state index contributed by atoms with van der Waals surface area (Å²) in [7, 11) is 0. The Morgan fingerprint density at radius 3 is 2.67 bits per heavy atom. The summed E-state index contributed by atoms with van der Waals surface area (Å²) >= 11 is 0. The molecule has 0 bridgehead atoms. The second-order valence-electron chi connectivity index (χ2n) is 2.77. The van der Waals surface area contributed by atoms with Crippen molar-refractivity contribution in [3.8, 4) is 6.07 Å². The van der Waals surface area contributed by atoms with Crippen LogP contribution in [0.15, 0.2) is 0 Å². The smallest absolute Gasteiger partial charge is 0.147 e. The second-order valence-corrected chi connectivity index (χ2v) is 2.77. The predicted octanol–water partition coefficient (Wildman–Crippen LogP) is -1.62. The zero-order chi connectivity index (χ0) is 9.14. The molecule has 0 aliphatic carbocycles. The SMILES string of the molecule is N#C[C@H]1C[C@@H](O)[C@H](O)[C@@H](CO)O1. The highest BCUT2D eigenvalue weighted by molar-refractivity contribution is 4.94. The summed E-state index contributed by atoms with van der Waals surface area (Å²) in [6, 6.07) is 1.81. The molecule has 0 aromatic heterocycles. The van der Waals surface area contributed by atoms with Gasteiger partial charge in [0, 0.05) is 6.42 Å². The zero-order valence-corrected chi connectivity index (χ0v) is 6.42. The Morgan fingerprint density at radius 1 is 1.50 bits per heavy atom.